The van der Waals surface area contributed by atoms with Gasteiger partial charge in [-0.2, -0.15) is 0 Å². The fourth-order valence-electron chi connectivity index (χ4n) is 3.46. The van der Waals surface area contributed by atoms with Crippen molar-refractivity contribution in [1.82, 2.24) is 20.4 Å². The minimum atomic E-state index is -0.665. The second kappa shape index (κ2) is 8.00. The first kappa shape index (κ1) is 19.9. The van der Waals surface area contributed by atoms with Crippen molar-refractivity contribution in [2.75, 3.05) is 26.2 Å². The summed E-state index contributed by atoms with van der Waals surface area (Å²) in [5.74, 6) is -0.605. The monoisotopic (exact) mass is 388 g/mol. The van der Waals surface area contributed by atoms with E-state index in [1.807, 2.05) is 20.8 Å². The number of amides is 4. The van der Waals surface area contributed by atoms with Crippen LogP contribution in [0.15, 0.2) is 35.5 Å². The van der Waals surface area contributed by atoms with Crippen LogP contribution in [0.25, 0.3) is 0 Å². The molecule has 1 atom stereocenters. The van der Waals surface area contributed by atoms with Crippen LogP contribution in [-0.2, 0) is 9.59 Å². The molecule has 1 aromatic rings. The summed E-state index contributed by atoms with van der Waals surface area (Å²) in [6.07, 6.45) is 0. The lowest BCUT2D eigenvalue weighted by Gasteiger charge is -2.32. The molecule has 4 amide bonds. The molecule has 0 saturated carbocycles. The van der Waals surface area contributed by atoms with Gasteiger partial charge in [-0.1, -0.05) is 26.0 Å². The summed E-state index contributed by atoms with van der Waals surface area (Å²) in [7, 11) is 0. The number of nitrogens with one attached hydrogen (secondary N) is 2. The first-order valence-electron chi connectivity index (χ1n) is 9.44. The van der Waals surface area contributed by atoms with Crippen molar-refractivity contribution < 1.29 is 18.8 Å². The van der Waals surface area contributed by atoms with Gasteiger partial charge in [0, 0.05) is 13.1 Å². The molecular formula is C20H25FN4O3. The minimum Gasteiger partial charge on any atom is -0.354 e. The number of nitrogens with zero attached hydrogens (tertiary/aromatic N) is 2. The van der Waals surface area contributed by atoms with E-state index in [1.54, 1.807) is 12.1 Å². The molecule has 0 radical (unpaired) electrons. The Bertz CT molecular complexity index is 819. The summed E-state index contributed by atoms with van der Waals surface area (Å²) >= 11 is 0. The lowest BCUT2D eigenvalue weighted by Crippen LogP contribution is -2.47. The maximum absolute atomic E-state index is 13.3. The van der Waals surface area contributed by atoms with E-state index in [-0.39, 0.29) is 30.9 Å². The Morgan fingerprint density at radius 1 is 1.29 bits per heavy atom. The number of likely N-dealkylation sites (N-methyl/N-ethyl adjacent to an activating group) is 1. The first-order chi connectivity index (χ1) is 13.3. The van der Waals surface area contributed by atoms with Crippen molar-refractivity contribution in [2.24, 2.45) is 5.92 Å². The molecule has 2 N–H and O–H groups in total. The van der Waals surface area contributed by atoms with E-state index in [0.29, 0.717) is 35.8 Å². The number of benzene rings is 1. The van der Waals surface area contributed by atoms with Gasteiger partial charge < -0.3 is 15.5 Å². The van der Waals surface area contributed by atoms with Gasteiger partial charge in [-0.25, -0.2) is 9.18 Å². The summed E-state index contributed by atoms with van der Waals surface area (Å²) in [6, 6.07) is 4.72. The zero-order valence-electron chi connectivity index (χ0n) is 16.3. The molecule has 0 aromatic heterocycles. The van der Waals surface area contributed by atoms with Crippen molar-refractivity contribution in [3.8, 4) is 0 Å². The Balaban J connectivity index is 1.86. The van der Waals surface area contributed by atoms with E-state index < -0.39 is 11.9 Å². The van der Waals surface area contributed by atoms with Crippen LogP contribution in [0, 0.1) is 11.7 Å². The topological polar surface area (TPSA) is 81.8 Å². The zero-order chi connectivity index (χ0) is 20.4. The normalized spacial score (nSPS) is 19.2. The molecule has 2 aliphatic rings. The van der Waals surface area contributed by atoms with Gasteiger partial charge in [0.15, 0.2) is 0 Å². The second-order valence-electron chi connectivity index (χ2n) is 7.40. The molecule has 150 valence electrons. The van der Waals surface area contributed by atoms with Crippen LogP contribution in [0.3, 0.4) is 0 Å². The highest BCUT2D eigenvalue weighted by Gasteiger charge is 2.43. The van der Waals surface area contributed by atoms with Crippen LogP contribution in [0.1, 0.15) is 32.4 Å². The van der Waals surface area contributed by atoms with E-state index in [1.165, 1.54) is 21.9 Å². The van der Waals surface area contributed by atoms with E-state index in [4.69, 9.17) is 0 Å². The molecular weight excluding hydrogens is 363 g/mol. The molecule has 1 aromatic carbocycles. The minimum absolute atomic E-state index is 0.0690. The number of hydrogen-bond acceptors (Lipinski definition) is 3. The molecule has 2 heterocycles. The fourth-order valence-corrected chi connectivity index (χ4v) is 3.46. The SMILES string of the molecule is CCN1C(=O)NC(c2ccc(F)cc2)C2=C1CN(CC(=O)NCC(C)C)C2=O. The maximum Gasteiger partial charge on any atom is 0.322 e. The summed E-state index contributed by atoms with van der Waals surface area (Å²) in [4.78, 5) is 40.8. The molecule has 28 heavy (non-hydrogen) atoms. The molecule has 7 nitrogen and oxygen atoms in total. The molecule has 0 saturated heterocycles. The van der Waals surface area contributed by atoms with E-state index >= 15 is 0 Å². The van der Waals surface area contributed by atoms with Crippen LogP contribution in [0.5, 0.6) is 0 Å². The van der Waals surface area contributed by atoms with E-state index in [9.17, 15) is 18.8 Å². The Kier molecular flexibility index (Phi) is 5.67. The smallest absolute Gasteiger partial charge is 0.322 e. The predicted octanol–water partition coefficient (Wildman–Crippen LogP) is 1.78. The lowest BCUT2D eigenvalue weighted by atomic mass is 9.95. The van der Waals surface area contributed by atoms with Crippen LogP contribution in [0.2, 0.25) is 0 Å². The Morgan fingerprint density at radius 2 is 1.96 bits per heavy atom. The van der Waals surface area contributed by atoms with Crippen LogP contribution in [0.4, 0.5) is 9.18 Å². The van der Waals surface area contributed by atoms with Crippen LogP contribution in [-0.4, -0.2) is 53.8 Å². The summed E-state index contributed by atoms with van der Waals surface area (Å²) in [5.41, 5.74) is 1.66. The average Bonchev–Trinajstić information content (AvgIpc) is 2.96. The third-order valence-corrected chi connectivity index (χ3v) is 4.86. The maximum atomic E-state index is 13.3. The van der Waals surface area contributed by atoms with Gasteiger partial charge in [-0.15, -0.1) is 0 Å². The quantitative estimate of drug-likeness (QED) is 0.779. The zero-order valence-corrected chi connectivity index (χ0v) is 16.3. The van der Waals surface area contributed by atoms with Gasteiger partial charge in [0.1, 0.15) is 12.4 Å². The van der Waals surface area contributed by atoms with Gasteiger partial charge in [-0.3, -0.25) is 14.5 Å². The number of rotatable bonds is 6. The molecule has 0 spiro atoms. The van der Waals surface area contributed by atoms with Crippen molar-refractivity contribution in [3.63, 3.8) is 0 Å². The second-order valence-corrected chi connectivity index (χ2v) is 7.40. The van der Waals surface area contributed by atoms with Crippen molar-refractivity contribution in [3.05, 3.63) is 46.9 Å². The van der Waals surface area contributed by atoms with Crippen molar-refractivity contribution in [2.45, 2.75) is 26.8 Å². The van der Waals surface area contributed by atoms with Gasteiger partial charge >= 0.3 is 6.03 Å². The van der Waals surface area contributed by atoms with Gasteiger partial charge in [0.2, 0.25) is 5.91 Å². The standard InChI is InChI=1S/C20H25FN4O3/c1-4-25-15-10-24(11-16(26)22-9-12(2)3)19(27)17(15)18(23-20(25)28)13-5-7-14(21)8-6-13/h5-8,12,18H,4,9-11H2,1-3H3,(H,22,26)(H,23,28). The summed E-state index contributed by atoms with van der Waals surface area (Å²) in [6.45, 7) is 6.87. The summed E-state index contributed by atoms with van der Waals surface area (Å²) in [5, 5.41) is 5.63. The highest BCUT2D eigenvalue weighted by Crippen LogP contribution is 2.36. The highest BCUT2D eigenvalue weighted by molar-refractivity contribution is 6.03. The molecule has 0 fully saturated rings. The van der Waals surface area contributed by atoms with Gasteiger partial charge in [0.05, 0.1) is 23.9 Å². The molecule has 0 bridgehead atoms. The number of halogens is 1. The highest BCUT2D eigenvalue weighted by atomic mass is 19.1. The fraction of sp³-hybridized carbons (Fsp3) is 0.450. The molecule has 8 heteroatoms. The van der Waals surface area contributed by atoms with Gasteiger partial charge in [0.25, 0.3) is 5.91 Å². The van der Waals surface area contributed by atoms with Crippen molar-refractivity contribution >= 4 is 17.8 Å². The van der Waals surface area contributed by atoms with Gasteiger partial charge in [-0.05, 0) is 30.5 Å². The summed E-state index contributed by atoms with van der Waals surface area (Å²) < 4.78 is 13.3. The molecule has 3 rings (SSSR count). The van der Waals surface area contributed by atoms with Crippen LogP contribution < -0.4 is 10.6 Å². The number of urea groups is 1. The lowest BCUT2D eigenvalue weighted by molar-refractivity contribution is -0.132. The van der Waals surface area contributed by atoms with Crippen molar-refractivity contribution in [1.29, 1.82) is 0 Å². The average molecular weight is 388 g/mol. The molecule has 0 aliphatic carbocycles. The van der Waals surface area contributed by atoms with E-state index in [0.717, 1.165) is 0 Å². The number of carbonyl (C=O) groups excluding carboxylic acids is 3. The third kappa shape index (κ3) is 3.85. The largest absolute Gasteiger partial charge is 0.354 e. The Morgan fingerprint density at radius 3 is 2.57 bits per heavy atom. The first-order valence-corrected chi connectivity index (χ1v) is 9.44. The third-order valence-electron chi connectivity index (χ3n) is 4.86. The van der Waals surface area contributed by atoms with Crippen LogP contribution >= 0.6 is 0 Å². The molecule has 2 aliphatic heterocycles. The Labute approximate surface area is 163 Å². The number of carbonyl (C=O) groups is 3. The van der Waals surface area contributed by atoms with E-state index in [2.05, 4.69) is 10.6 Å². The Hall–Kier alpha value is -2.90. The molecule has 1 unspecified atom stereocenters. The predicted molar refractivity (Wildman–Crippen MR) is 102 cm³/mol. The number of hydrogen-bond donors (Lipinski definition) is 2.